The van der Waals surface area contributed by atoms with E-state index < -0.39 is 14.6 Å². The summed E-state index contributed by atoms with van der Waals surface area (Å²) in [6.45, 7) is 2.49. The van der Waals surface area contributed by atoms with Gasteiger partial charge in [-0.1, -0.05) is 59.6 Å². The monoisotopic (exact) mass is 723 g/mol. The van der Waals surface area contributed by atoms with E-state index in [4.69, 9.17) is 42.6 Å². The van der Waals surface area contributed by atoms with Crippen molar-refractivity contribution in [1.82, 2.24) is 35.5 Å². The normalized spacial score (nSPS) is 19.3. The Bertz CT molecular complexity index is 2040. The summed E-state index contributed by atoms with van der Waals surface area (Å²) < 4.78 is 35.0. The van der Waals surface area contributed by atoms with Crippen molar-refractivity contribution >= 4 is 38.9 Å². The summed E-state index contributed by atoms with van der Waals surface area (Å²) in [7, 11) is 0.0886. The first-order chi connectivity index (χ1) is 23.6. The Morgan fingerprint density at radius 2 is 1.49 bits per heavy atom. The molecule has 0 saturated carbocycles. The molecule has 2 aromatic heterocycles. The van der Waals surface area contributed by atoms with Gasteiger partial charge < -0.3 is 20.1 Å². The number of carbonyl (C=O) groups is 1. The fourth-order valence-corrected chi connectivity index (χ4v) is 9.21. The molecule has 7 rings (SSSR count). The number of carbonyl (C=O) groups excluding carboxylic acids is 1. The Morgan fingerprint density at radius 3 is 2.00 bits per heavy atom. The Hall–Kier alpha value is -3.88. The molecule has 3 fully saturated rings. The lowest BCUT2D eigenvalue weighted by atomic mass is 9.94. The topological polar surface area (TPSA) is 149 Å². The van der Waals surface area contributed by atoms with Gasteiger partial charge in [-0.05, 0) is 12.8 Å². The van der Waals surface area contributed by atoms with Gasteiger partial charge in [-0.2, -0.15) is 0 Å². The first-order valence-electron chi connectivity index (χ1n) is 15.9. The highest BCUT2D eigenvalue weighted by atomic mass is 35.5. The van der Waals surface area contributed by atoms with Crippen molar-refractivity contribution < 1.29 is 22.7 Å². The molecule has 0 unspecified atom stereocenters. The Morgan fingerprint density at radius 1 is 0.918 bits per heavy atom. The van der Waals surface area contributed by atoms with E-state index in [1.54, 1.807) is 19.5 Å². The number of hydrogen-bond donors (Lipinski definition) is 2. The van der Waals surface area contributed by atoms with Crippen molar-refractivity contribution in [3.05, 3.63) is 70.2 Å². The van der Waals surface area contributed by atoms with Crippen LogP contribution in [0.3, 0.4) is 0 Å². The fraction of sp³-hybridized carbons (Fsp3) is 0.382. The summed E-state index contributed by atoms with van der Waals surface area (Å²) in [6, 6.07) is 11.4. The number of rotatable bonds is 11. The third kappa shape index (κ3) is 6.34. The average molecular weight is 725 g/mol. The van der Waals surface area contributed by atoms with E-state index in [1.165, 1.54) is 7.11 Å². The standard InChI is InChI=1S/C34H35Cl2N7O5S/c1-47-32-27(14-37-13-20-9-10-29(44)40-20)38-15-25(41-32)23-7-3-5-21(30(23)35)22-6-4-8-24(31(22)36)26-16-39-28(33(42-26)48-2)17-43-18-34(19-43)11-12-49(34,45)46/h3-8,15-16,20,37H,9-14,17-19H2,1-2H3,(H,40,44)/t20-/m0/s1. The number of nitrogens with zero attached hydrogens (tertiary/aromatic N) is 5. The maximum Gasteiger partial charge on any atom is 0.237 e. The predicted molar refractivity (Wildman–Crippen MR) is 186 cm³/mol. The van der Waals surface area contributed by atoms with Crippen molar-refractivity contribution in [2.45, 2.75) is 43.1 Å². The Kier molecular flexibility index (Phi) is 9.22. The van der Waals surface area contributed by atoms with Crippen LogP contribution in [-0.4, -0.2) is 89.6 Å². The second-order valence-electron chi connectivity index (χ2n) is 12.6. The van der Waals surface area contributed by atoms with E-state index in [2.05, 4.69) is 25.5 Å². The molecule has 0 aliphatic carbocycles. The predicted octanol–water partition coefficient (Wildman–Crippen LogP) is 4.33. The number of sulfone groups is 1. The number of amides is 1. The number of aromatic nitrogens is 4. The summed E-state index contributed by atoms with van der Waals surface area (Å²) in [5.74, 6) is 1.08. The van der Waals surface area contributed by atoms with Gasteiger partial charge in [-0.15, -0.1) is 0 Å². The lowest BCUT2D eigenvalue weighted by Crippen LogP contribution is -2.71. The van der Waals surface area contributed by atoms with E-state index in [0.29, 0.717) is 112 Å². The van der Waals surface area contributed by atoms with Crippen molar-refractivity contribution in [3.8, 4) is 45.4 Å². The zero-order chi connectivity index (χ0) is 34.3. The molecule has 0 radical (unpaired) electrons. The van der Waals surface area contributed by atoms with Crippen molar-refractivity contribution in [2.24, 2.45) is 0 Å². The molecule has 3 saturated heterocycles. The molecule has 4 aromatic rings. The molecule has 256 valence electrons. The molecule has 1 spiro atoms. The van der Waals surface area contributed by atoms with Gasteiger partial charge in [0.05, 0.1) is 58.5 Å². The maximum absolute atomic E-state index is 12.2. The van der Waals surface area contributed by atoms with Gasteiger partial charge in [-0.3, -0.25) is 19.7 Å². The van der Waals surface area contributed by atoms with Gasteiger partial charge in [0.1, 0.15) is 11.4 Å². The van der Waals surface area contributed by atoms with Crippen LogP contribution in [0, 0.1) is 0 Å². The summed E-state index contributed by atoms with van der Waals surface area (Å²) >= 11 is 14.1. The molecule has 3 aliphatic rings. The molecule has 2 N–H and O–H groups in total. The van der Waals surface area contributed by atoms with E-state index in [0.717, 1.165) is 6.42 Å². The van der Waals surface area contributed by atoms with Gasteiger partial charge in [0.15, 0.2) is 9.84 Å². The summed E-state index contributed by atoms with van der Waals surface area (Å²) in [5, 5.41) is 7.15. The maximum atomic E-state index is 12.2. The van der Waals surface area contributed by atoms with Gasteiger partial charge in [0.25, 0.3) is 0 Å². The zero-order valence-electron chi connectivity index (χ0n) is 27.0. The fourth-order valence-electron chi connectivity index (χ4n) is 6.69. The number of nitrogens with one attached hydrogen (secondary N) is 2. The van der Waals surface area contributed by atoms with Crippen LogP contribution in [0.1, 0.15) is 30.7 Å². The first kappa shape index (κ1) is 33.6. The third-order valence-electron chi connectivity index (χ3n) is 9.50. The van der Waals surface area contributed by atoms with Crippen molar-refractivity contribution in [2.75, 3.05) is 39.6 Å². The number of benzene rings is 2. The van der Waals surface area contributed by atoms with Crippen LogP contribution >= 0.6 is 23.2 Å². The third-order valence-corrected chi connectivity index (χ3v) is 12.8. The largest absolute Gasteiger partial charge is 0.480 e. The highest BCUT2D eigenvalue weighted by molar-refractivity contribution is 7.94. The molecule has 15 heteroatoms. The Labute approximate surface area is 294 Å². The van der Waals surface area contributed by atoms with Crippen LogP contribution in [0.2, 0.25) is 10.0 Å². The van der Waals surface area contributed by atoms with E-state index in [9.17, 15) is 13.2 Å². The van der Waals surface area contributed by atoms with E-state index in [-0.39, 0.29) is 17.7 Å². The molecule has 49 heavy (non-hydrogen) atoms. The minimum atomic E-state index is -2.99. The molecular weight excluding hydrogens is 689 g/mol. The number of likely N-dealkylation sites (tertiary alicyclic amines) is 1. The molecule has 1 atom stereocenters. The van der Waals surface area contributed by atoms with Gasteiger partial charge >= 0.3 is 0 Å². The lowest BCUT2D eigenvalue weighted by molar-refractivity contribution is -0.119. The summed E-state index contributed by atoms with van der Waals surface area (Å²) in [4.78, 5) is 32.2. The summed E-state index contributed by atoms with van der Waals surface area (Å²) in [5.41, 5.74) is 5.04. The van der Waals surface area contributed by atoms with Crippen LogP contribution in [0.15, 0.2) is 48.8 Å². The van der Waals surface area contributed by atoms with E-state index in [1.807, 2.05) is 36.4 Å². The second-order valence-corrected chi connectivity index (χ2v) is 15.8. The Balaban J connectivity index is 1.10. The van der Waals surface area contributed by atoms with Gasteiger partial charge in [-0.25, -0.2) is 18.4 Å². The van der Waals surface area contributed by atoms with Crippen LogP contribution in [0.5, 0.6) is 11.8 Å². The molecule has 3 aliphatic heterocycles. The van der Waals surface area contributed by atoms with Crippen molar-refractivity contribution in [3.63, 3.8) is 0 Å². The number of methoxy groups -OCH3 is 2. The number of ether oxygens (including phenoxy) is 2. The lowest BCUT2D eigenvalue weighted by Gasteiger charge is -2.54. The highest BCUT2D eigenvalue weighted by Crippen LogP contribution is 2.44. The molecule has 1 amide bonds. The molecule has 5 heterocycles. The van der Waals surface area contributed by atoms with Crippen LogP contribution in [0.4, 0.5) is 0 Å². The second kappa shape index (κ2) is 13.4. The number of hydrogen-bond acceptors (Lipinski definition) is 11. The zero-order valence-corrected chi connectivity index (χ0v) is 29.3. The van der Waals surface area contributed by atoms with Crippen molar-refractivity contribution in [1.29, 1.82) is 0 Å². The highest BCUT2D eigenvalue weighted by Gasteiger charge is 2.59. The smallest absolute Gasteiger partial charge is 0.237 e. The van der Waals surface area contributed by atoms with Gasteiger partial charge in [0, 0.05) is 67.4 Å². The minimum Gasteiger partial charge on any atom is -0.480 e. The first-order valence-corrected chi connectivity index (χ1v) is 18.3. The average Bonchev–Trinajstić information content (AvgIpc) is 3.50. The SMILES string of the molecule is COc1nc(-c2cccc(-c3cccc(-c4cnc(CN5CC6(CCS6(=O)=O)C5)c(OC)n4)c3Cl)c2Cl)cnc1CNC[C@@H]1CCC(=O)N1. The van der Waals surface area contributed by atoms with Crippen LogP contribution in [0.25, 0.3) is 33.6 Å². The molecular formula is C34H35Cl2N7O5S. The number of halogens is 2. The minimum absolute atomic E-state index is 0.0754. The van der Waals surface area contributed by atoms with Crippen LogP contribution in [-0.2, 0) is 27.7 Å². The molecule has 2 aromatic carbocycles. The molecule has 12 nitrogen and oxygen atoms in total. The summed E-state index contributed by atoms with van der Waals surface area (Å²) in [6.07, 6.45) is 5.38. The van der Waals surface area contributed by atoms with E-state index >= 15 is 0 Å². The van der Waals surface area contributed by atoms with Gasteiger partial charge in [0.2, 0.25) is 17.7 Å². The van der Waals surface area contributed by atoms with Crippen LogP contribution < -0.4 is 20.1 Å². The quantitative estimate of drug-likeness (QED) is 0.228. The molecule has 0 bridgehead atoms.